The van der Waals surface area contributed by atoms with Gasteiger partial charge in [-0.05, 0) is 6.42 Å². The van der Waals surface area contributed by atoms with Crippen LogP contribution >= 0.6 is 0 Å². The summed E-state index contributed by atoms with van der Waals surface area (Å²) in [5.41, 5.74) is 0.176. The minimum absolute atomic E-state index is 0.000938. The van der Waals surface area contributed by atoms with Crippen LogP contribution in [0.25, 0.3) is 0 Å². The highest BCUT2D eigenvalue weighted by atomic mass is 16.5. The van der Waals surface area contributed by atoms with Crippen molar-refractivity contribution in [2.24, 2.45) is 5.92 Å². The van der Waals surface area contributed by atoms with Crippen LogP contribution < -0.4 is 5.32 Å². The average molecular weight is 282 g/mol. The number of unbranched alkanes of at least 4 members (excludes halogenated alkanes) is 2. The van der Waals surface area contributed by atoms with Gasteiger partial charge in [-0.2, -0.15) is 0 Å². The highest BCUT2D eigenvalue weighted by molar-refractivity contribution is 5.91. The van der Waals surface area contributed by atoms with E-state index in [9.17, 15) is 9.59 Å². The lowest BCUT2D eigenvalue weighted by Gasteiger charge is -2.09. The van der Waals surface area contributed by atoms with E-state index in [-0.39, 0.29) is 30.1 Å². The van der Waals surface area contributed by atoms with Gasteiger partial charge in [-0.25, -0.2) is 0 Å². The maximum Gasteiger partial charge on any atom is 0.309 e. The second-order valence-electron chi connectivity index (χ2n) is 4.76. The molecule has 0 bridgehead atoms. The largest absolute Gasteiger partial charge is 0.457 e. The van der Waals surface area contributed by atoms with Crippen molar-refractivity contribution in [1.82, 2.24) is 10.5 Å². The molecule has 0 aliphatic carbocycles. The third kappa shape index (κ3) is 5.03. The number of esters is 1. The fraction of sp³-hybridized carbons (Fsp3) is 0.643. The van der Waals surface area contributed by atoms with Crippen LogP contribution in [-0.2, 0) is 16.1 Å². The van der Waals surface area contributed by atoms with Gasteiger partial charge in [-0.15, -0.1) is 0 Å². The van der Waals surface area contributed by atoms with Gasteiger partial charge in [0.1, 0.15) is 0 Å². The van der Waals surface area contributed by atoms with Crippen molar-refractivity contribution in [2.75, 3.05) is 7.05 Å². The van der Waals surface area contributed by atoms with Gasteiger partial charge in [0.2, 0.25) is 0 Å². The number of hydrogen-bond acceptors (Lipinski definition) is 5. The van der Waals surface area contributed by atoms with Gasteiger partial charge in [0.25, 0.3) is 5.91 Å². The number of nitrogens with zero attached hydrogens (tertiary/aromatic N) is 1. The molecule has 1 rings (SSSR count). The molecule has 0 aromatic carbocycles. The Kier molecular flexibility index (Phi) is 6.76. The Morgan fingerprint density at radius 1 is 1.45 bits per heavy atom. The minimum Gasteiger partial charge on any atom is -0.457 e. The van der Waals surface area contributed by atoms with Crippen LogP contribution in [0, 0.1) is 5.92 Å². The number of carbonyl (C=O) groups excluding carboxylic acids is 2. The van der Waals surface area contributed by atoms with Crippen molar-refractivity contribution >= 4 is 11.9 Å². The van der Waals surface area contributed by atoms with Crippen molar-refractivity contribution in [2.45, 2.75) is 46.1 Å². The van der Waals surface area contributed by atoms with Crippen LogP contribution in [0.4, 0.5) is 0 Å². The van der Waals surface area contributed by atoms with E-state index < -0.39 is 0 Å². The molecule has 0 spiro atoms. The molecule has 0 aliphatic rings. The van der Waals surface area contributed by atoms with E-state index in [1.54, 1.807) is 0 Å². The first kappa shape index (κ1) is 16.2. The summed E-state index contributed by atoms with van der Waals surface area (Å²) in [7, 11) is 1.51. The summed E-state index contributed by atoms with van der Waals surface area (Å²) in [5, 5.41) is 6.03. The summed E-state index contributed by atoms with van der Waals surface area (Å²) >= 11 is 0. The van der Waals surface area contributed by atoms with Crippen LogP contribution in [0.5, 0.6) is 0 Å². The molecule has 1 aromatic rings. The molecule has 0 saturated heterocycles. The molecular weight excluding hydrogens is 260 g/mol. The SMILES string of the molecule is CCCCCC(C)C(=O)OCc1cc(C(=O)NC)no1. The molecule has 1 unspecified atom stereocenters. The first-order valence-corrected chi connectivity index (χ1v) is 6.92. The Labute approximate surface area is 118 Å². The number of carbonyl (C=O) groups is 2. The number of nitrogens with one attached hydrogen (secondary N) is 1. The van der Waals surface area contributed by atoms with E-state index in [4.69, 9.17) is 9.26 Å². The summed E-state index contributed by atoms with van der Waals surface area (Å²) < 4.78 is 10.1. The monoisotopic (exact) mass is 282 g/mol. The number of hydrogen-bond donors (Lipinski definition) is 1. The van der Waals surface area contributed by atoms with Gasteiger partial charge in [0.15, 0.2) is 18.1 Å². The van der Waals surface area contributed by atoms with Crippen molar-refractivity contribution in [3.63, 3.8) is 0 Å². The van der Waals surface area contributed by atoms with Gasteiger partial charge < -0.3 is 14.6 Å². The Morgan fingerprint density at radius 2 is 2.20 bits per heavy atom. The maximum absolute atomic E-state index is 11.7. The van der Waals surface area contributed by atoms with Crippen LogP contribution in [0.2, 0.25) is 0 Å². The predicted octanol–water partition coefficient (Wildman–Crippen LogP) is 2.29. The molecule has 20 heavy (non-hydrogen) atoms. The van der Waals surface area contributed by atoms with E-state index in [0.717, 1.165) is 25.7 Å². The molecule has 1 N–H and O–H groups in total. The summed E-state index contributed by atoms with van der Waals surface area (Å²) in [5.74, 6) is -0.348. The Hall–Kier alpha value is -1.85. The third-order valence-electron chi connectivity index (χ3n) is 3.02. The smallest absolute Gasteiger partial charge is 0.309 e. The van der Waals surface area contributed by atoms with Crippen molar-refractivity contribution in [1.29, 1.82) is 0 Å². The van der Waals surface area contributed by atoms with E-state index in [0.29, 0.717) is 5.76 Å². The molecular formula is C14H22N2O4. The van der Waals surface area contributed by atoms with Gasteiger partial charge in [0, 0.05) is 13.1 Å². The summed E-state index contributed by atoms with van der Waals surface area (Å²) in [6.07, 6.45) is 4.10. The second kappa shape index (κ2) is 8.35. The first-order valence-electron chi connectivity index (χ1n) is 6.92. The zero-order chi connectivity index (χ0) is 15.0. The third-order valence-corrected chi connectivity index (χ3v) is 3.02. The van der Waals surface area contributed by atoms with Crippen LogP contribution in [0.1, 0.15) is 55.8 Å². The number of aromatic nitrogens is 1. The van der Waals surface area contributed by atoms with E-state index in [1.807, 2.05) is 6.92 Å². The Bertz CT molecular complexity index is 442. The van der Waals surface area contributed by atoms with Crippen LogP contribution in [0.3, 0.4) is 0 Å². The lowest BCUT2D eigenvalue weighted by Crippen LogP contribution is -2.17. The van der Waals surface area contributed by atoms with Gasteiger partial charge >= 0.3 is 5.97 Å². The van der Waals surface area contributed by atoms with Gasteiger partial charge in [-0.3, -0.25) is 9.59 Å². The zero-order valence-corrected chi connectivity index (χ0v) is 12.3. The zero-order valence-electron chi connectivity index (χ0n) is 12.3. The Balaban J connectivity index is 2.36. The summed E-state index contributed by atoms with van der Waals surface area (Å²) in [4.78, 5) is 23.0. The highest BCUT2D eigenvalue weighted by Gasteiger charge is 2.16. The number of rotatable bonds is 8. The summed E-state index contributed by atoms with van der Waals surface area (Å²) in [6.45, 7) is 3.98. The van der Waals surface area contributed by atoms with E-state index in [2.05, 4.69) is 17.4 Å². The topological polar surface area (TPSA) is 81.4 Å². The maximum atomic E-state index is 11.7. The molecule has 0 fully saturated rings. The Morgan fingerprint density at radius 3 is 2.85 bits per heavy atom. The fourth-order valence-electron chi connectivity index (χ4n) is 1.72. The number of amides is 1. The highest BCUT2D eigenvalue weighted by Crippen LogP contribution is 2.13. The van der Waals surface area contributed by atoms with Gasteiger partial charge in [0.05, 0.1) is 5.92 Å². The molecule has 112 valence electrons. The molecule has 6 heteroatoms. The lowest BCUT2D eigenvalue weighted by molar-refractivity contribution is -0.150. The van der Waals surface area contributed by atoms with Gasteiger partial charge in [-0.1, -0.05) is 38.3 Å². The summed E-state index contributed by atoms with van der Waals surface area (Å²) in [6, 6.07) is 1.47. The van der Waals surface area contributed by atoms with Crippen molar-refractivity contribution in [3.8, 4) is 0 Å². The van der Waals surface area contributed by atoms with E-state index >= 15 is 0 Å². The van der Waals surface area contributed by atoms with Crippen LogP contribution in [-0.4, -0.2) is 24.1 Å². The minimum atomic E-state index is -0.334. The molecule has 0 saturated carbocycles. The van der Waals surface area contributed by atoms with Crippen LogP contribution in [0.15, 0.2) is 10.6 Å². The first-order chi connectivity index (χ1) is 9.58. The number of ether oxygens (including phenoxy) is 1. The molecule has 1 aromatic heterocycles. The molecule has 0 radical (unpaired) electrons. The molecule has 1 heterocycles. The average Bonchev–Trinajstić information content (AvgIpc) is 2.92. The quantitative estimate of drug-likeness (QED) is 0.584. The van der Waals surface area contributed by atoms with Crippen molar-refractivity contribution in [3.05, 3.63) is 17.5 Å². The predicted molar refractivity (Wildman–Crippen MR) is 73.0 cm³/mol. The lowest BCUT2D eigenvalue weighted by atomic mass is 10.0. The van der Waals surface area contributed by atoms with E-state index in [1.165, 1.54) is 13.1 Å². The molecule has 0 aliphatic heterocycles. The van der Waals surface area contributed by atoms with Crippen molar-refractivity contribution < 1.29 is 18.8 Å². The molecule has 1 amide bonds. The second-order valence-corrected chi connectivity index (χ2v) is 4.76. The standard InChI is InChI=1S/C14H22N2O4/c1-4-5-6-7-10(2)14(18)19-9-11-8-12(16-20-11)13(17)15-3/h8,10H,4-7,9H2,1-3H3,(H,15,17). The molecule has 6 nitrogen and oxygen atoms in total. The fourth-order valence-corrected chi connectivity index (χ4v) is 1.72. The molecule has 1 atom stereocenters. The normalized spacial score (nSPS) is 11.9.